The van der Waals surface area contributed by atoms with Gasteiger partial charge in [0.25, 0.3) is 5.43 Å². The summed E-state index contributed by atoms with van der Waals surface area (Å²) in [5.74, 6) is -0.162. The molecule has 0 unspecified atom stereocenters. The van der Waals surface area contributed by atoms with Crippen molar-refractivity contribution in [1.29, 1.82) is 0 Å². The Bertz CT molecular complexity index is 361. The molecule has 0 N–H and O–H groups in total. The third kappa shape index (κ3) is 0.480. The van der Waals surface area contributed by atoms with Crippen molar-refractivity contribution in [3.05, 3.63) is 34.5 Å². The second kappa shape index (κ2) is 1.53. The maximum absolute atomic E-state index is 10.9. The molecule has 2 aliphatic rings. The first-order valence-electron chi connectivity index (χ1n) is 2.98. The molecule has 0 radical (unpaired) electrons. The zero-order valence-electron chi connectivity index (χ0n) is 5.13. The number of fused-ring (bicyclic) bond motifs is 1. The lowest BCUT2D eigenvalue weighted by molar-refractivity contribution is -0.266. The van der Waals surface area contributed by atoms with Crippen LogP contribution in [0.4, 0.5) is 0 Å². The molecule has 0 aliphatic heterocycles. The van der Waals surface area contributed by atoms with E-state index in [1.807, 2.05) is 0 Å². The Morgan fingerprint density at radius 1 is 1.30 bits per heavy atom. The van der Waals surface area contributed by atoms with Crippen molar-refractivity contribution in [2.24, 2.45) is 0 Å². The lowest BCUT2D eigenvalue weighted by Gasteiger charge is -1.91. The summed E-state index contributed by atoms with van der Waals surface area (Å²) in [4.78, 5) is 10.9. The summed E-state index contributed by atoms with van der Waals surface area (Å²) >= 11 is 0. The second-order valence-corrected chi connectivity index (χ2v) is 2.23. The molecule has 2 aliphatic carbocycles. The van der Waals surface area contributed by atoms with Crippen LogP contribution in [0.25, 0.3) is 11.1 Å². The molecule has 10 heavy (non-hydrogen) atoms. The first-order chi connectivity index (χ1) is 4.79. The van der Waals surface area contributed by atoms with Crippen LogP contribution in [0.1, 0.15) is 0 Å². The monoisotopic (exact) mass is 132 g/mol. The minimum absolute atomic E-state index is 0.162. The lowest BCUT2D eigenvalue weighted by Crippen LogP contribution is -1.91. The fourth-order valence-corrected chi connectivity index (χ4v) is 1.12. The largest absolute Gasteiger partial charge is 0.861 e. The zero-order valence-corrected chi connectivity index (χ0v) is 5.13. The van der Waals surface area contributed by atoms with Crippen LogP contribution in [-0.4, -0.2) is 0 Å². The summed E-state index contributed by atoms with van der Waals surface area (Å²) < 4.78 is 0. The van der Waals surface area contributed by atoms with Crippen LogP contribution < -0.4 is 10.5 Å². The molecule has 0 saturated heterocycles. The molecule has 0 spiro atoms. The van der Waals surface area contributed by atoms with Crippen molar-refractivity contribution in [3.63, 3.8) is 0 Å². The highest BCUT2D eigenvalue weighted by atomic mass is 16.3. The zero-order chi connectivity index (χ0) is 7.14. The van der Waals surface area contributed by atoms with Gasteiger partial charge in [0.1, 0.15) is 5.56 Å². The van der Waals surface area contributed by atoms with Crippen molar-refractivity contribution in [2.45, 2.75) is 0 Å². The molecular weight excluding hydrogens is 128 g/mol. The van der Waals surface area contributed by atoms with Crippen LogP contribution in [0.2, 0.25) is 0 Å². The van der Waals surface area contributed by atoms with Gasteiger partial charge in [0.15, 0.2) is 5.56 Å². The maximum Gasteiger partial charge on any atom is 0.254 e. The van der Waals surface area contributed by atoms with E-state index >= 15 is 0 Å². The van der Waals surface area contributed by atoms with Crippen molar-refractivity contribution >= 4 is 0 Å². The molecule has 0 aromatic carbocycles. The van der Waals surface area contributed by atoms with E-state index in [0.29, 0.717) is 11.1 Å². The van der Waals surface area contributed by atoms with Crippen molar-refractivity contribution in [2.75, 3.05) is 0 Å². The van der Waals surface area contributed by atoms with Gasteiger partial charge in [-0.1, -0.05) is 0 Å². The molecule has 0 saturated carbocycles. The molecule has 0 amide bonds. The van der Waals surface area contributed by atoms with Crippen LogP contribution in [0, 0.1) is 0 Å². The Kier molecular flexibility index (Phi) is 0.822. The van der Waals surface area contributed by atoms with E-state index in [1.165, 1.54) is 0 Å². The minimum Gasteiger partial charge on any atom is -0.861 e. The number of hydrogen-bond acceptors (Lipinski definition) is 2. The standard InChI is InChI=1S/C8H4O2/c9-7-4-8(10)6-3-1-2-5(6)7/h1-4H. The average Bonchev–Trinajstić information content (AvgIpc) is 2.39. The third-order valence-electron chi connectivity index (χ3n) is 1.61. The molecule has 0 fully saturated rings. The molecule has 2 nitrogen and oxygen atoms in total. The van der Waals surface area contributed by atoms with Gasteiger partial charge in [0, 0.05) is 12.1 Å². The fourth-order valence-electron chi connectivity index (χ4n) is 1.12. The van der Waals surface area contributed by atoms with Crippen LogP contribution in [-0.2, 0) is 0 Å². The van der Waals surface area contributed by atoms with Gasteiger partial charge in [-0.15, -0.1) is 0 Å². The van der Waals surface area contributed by atoms with Gasteiger partial charge in [0.05, 0.1) is 12.1 Å². The SMILES string of the molecule is O=c1cc([O-])c2c[cH+]cc1-2. The molecule has 0 bridgehead atoms. The highest BCUT2D eigenvalue weighted by molar-refractivity contribution is 5.74. The quantitative estimate of drug-likeness (QED) is 0.486. The normalized spacial score (nSPS) is 10.8. The van der Waals surface area contributed by atoms with Crippen LogP contribution in [0.15, 0.2) is 29.1 Å². The van der Waals surface area contributed by atoms with Crippen LogP contribution >= 0.6 is 0 Å². The van der Waals surface area contributed by atoms with Gasteiger partial charge in [-0.05, 0) is 5.75 Å². The lowest BCUT2D eigenvalue weighted by atomic mass is 10.2. The Labute approximate surface area is 57.4 Å². The topological polar surface area (TPSA) is 40.1 Å². The van der Waals surface area contributed by atoms with E-state index in [-0.39, 0.29) is 11.2 Å². The van der Waals surface area contributed by atoms with Gasteiger partial charge >= 0.3 is 0 Å². The van der Waals surface area contributed by atoms with E-state index in [1.54, 1.807) is 18.2 Å². The molecule has 0 aromatic rings. The predicted molar refractivity (Wildman–Crippen MR) is 35.6 cm³/mol. The summed E-state index contributed by atoms with van der Waals surface area (Å²) in [5, 5.41) is 10.9. The molecule has 2 rings (SSSR count). The van der Waals surface area contributed by atoms with Gasteiger partial charge in [-0.3, -0.25) is 4.79 Å². The van der Waals surface area contributed by atoms with Crippen molar-refractivity contribution in [3.8, 4) is 16.9 Å². The predicted octanol–water partition coefficient (Wildman–Crippen LogP) is 0.382. The fraction of sp³-hybridized carbons (Fsp3) is 0. The maximum atomic E-state index is 10.9. The number of rotatable bonds is 0. The average molecular weight is 132 g/mol. The number of hydrogen-bond donors (Lipinski definition) is 0. The molecule has 0 aromatic heterocycles. The Morgan fingerprint density at radius 2 is 2.00 bits per heavy atom. The molecular formula is C8H4O2. The summed E-state index contributed by atoms with van der Waals surface area (Å²) in [5.41, 5.74) is 0.931. The van der Waals surface area contributed by atoms with Crippen molar-refractivity contribution in [1.82, 2.24) is 0 Å². The van der Waals surface area contributed by atoms with E-state index in [9.17, 15) is 9.90 Å². The van der Waals surface area contributed by atoms with Crippen molar-refractivity contribution < 1.29 is 5.11 Å². The highest BCUT2D eigenvalue weighted by Gasteiger charge is 2.18. The summed E-state index contributed by atoms with van der Waals surface area (Å²) in [6.07, 6.45) is 0. The van der Waals surface area contributed by atoms with E-state index in [2.05, 4.69) is 0 Å². The summed E-state index contributed by atoms with van der Waals surface area (Å²) in [7, 11) is 0. The van der Waals surface area contributed by atoms with E-state index in [4.69, 9.17) is 0 Å². The Morgan fingerprint density at radius 3 is 2.70 bits per heavy atom. The summed E-state index contributed by atoms with van der Waals surface area (Å²) in [6, 6.07) is 6.18. The van der Waals surface area contributed by atoms with Crippen LogP contribution in [0.3, 0.4) is 0 Å². The van der Waals surface area contributed by atoms with Gasteiger partial charge < -0.3 is 5.11 Å². The van der Waals surface area contributed by atoms with Crippen LogP contribution in [0.5, 0.6) is 5.75 Å². The smallest absolute Gasteiger partial charge is 0.254 e. The first-order valence-corrected chi connectivity index (χ1v) is 2.98. The molecule has 0 atom stereocenters. The molecule has 48 valence electrons. The van der Waals surface area contributed by atoms with Gasteiger partial charge in [-0.25, -0.2) is 0 Å². The highest BCUT2D eigenvalue weighted by Crippen LogP contribution is 2.27. The Balaban J connectivity index is 2.93. The molecule has 0 heterocycles. The molecule has 2 heteroatoms. The van der Waals surface area contributed by atoms with E-state index < -0.39 is 0 Å². The minimum atomic E-state index is -0.162. The van der Waals surface area contributed by atoms with Gasteiger partial charge in [0.2, 0.25) is 0 Å². The first kappa shape index (κ1) is 5.35. The second-order valence-electron chi connectivity index (χ2n) is 2.23. The van der Waals surface area contributed by atoms with E-state index in [0.717, 1.165) is 6.07 Å². The third-order valence-corrected chi connectivity index (χ3v) is 1.61. The Hall–Kier alpha value is -1.44. The summed E-state index contributed by atoms with van der Waals surface area (Å²) in [6.45, 7) is 0. The van der Waals surface area contributed by atoms with Gasteiger partial charge in [-0.2, -0.15) is 0 Å².